The molecule has 0 amide bonds. The molecule has 0 aliphatic carbocycles. The lowest BCUT2D eigenvalue weighted by molar-refractivity contribution is -0.494. The maximum atomic E-state index is 9.08. The summed E-state index contributed by atoms with van der Waals surface area (Å²) in [7, 11) is 0. The van der Waals surface area contributed by atoms with Crippen LogP contribution >= 0.6 is 0 Å². The van der Waals surface area contributed by atoms with Crippen LogP contribution < -0.4 is 18.1 Å². The number of hydrogen-bond acceptors (Lipinski definition) is 3. The number of aliphatic hydroxyl groups is 3. The lowest BCUT2D eigenvalue weighted by Gasteiger charge is -2.24. The fraction of sp³-hybridized carbons (Fsp3) is 1.00. The second-order valence-corrected chi connectivity index (χ2v) is 2.68. The largest absolute Gasteiger partial charge is 1.00 e. The van der Waals surface area contributed by atoms with Gasteiger partial charge in [-0.3, -0.25) is 0 Å². The normalized spacial score (nSPS) is 16.9. The zero-order valence-corrected chi connectivity index (χ0v) is 7.54. The Morgan fingerprint density at radius 2 is 1.82 bits per heavy atom. The third-order valence-electron chi connectivity index (χ3n) is 1.59. The Labute approximate surface area is 72.4 Å². The summed E-state index contributed by atoms with van der Waals surface area (Å²) in [5, 5.41) is 26.9. The SMILES string of the molecule is CCC(O)C([NH3+])C(C)(O)O.[Cl-]. The van der Waals surface area contributed by atoms with Gasteiger partial charge in [0.1, 0.15) is 6.10 Å². The van der Waals surface area contributed by atoms with Crippen molar-refractivity contribution in [2.45, 2.75) is 38.2 Å². The maximum Gasteiger partial charge on any atom is 0.216 e. The fourth-order valence-corrected chi connectivity index (χ4v) is 0.649. The highest BCUT2D eigenvalue weighted by atomic mass is 35.5. The lowest BCUT2D eigenvalue weighted by atomic mass is 10.0. The highest BCUT2D eigenvalue weighted by Crippen LogP contribution is 2.06. The van der Waals surface area contributed by atoms with E-state index < -0.39 is 17.9 Å². The van der Waals surface area contributed by atoms with Gasteiger partial charge in [-0.2, -0.15) is 0 Å². The van der Waals surface area contributed by atoms with Gasteiger partial charge in [0.2, 0.25) is 5.79 Å². The van der Waals surface area contributed by atoms with E-state index in [0.717, 1.165) is 0 Å². The smallest absolute Gasteiger partial charge is 0.216 e. The van der Waals surface area contributed by atoms with Crippen LogP contribution in [0.4, 0.5) is 0 Å². The molecule has 0 radical (unpaired) electrons. The third-order valence-corrected chi connectivity index (χ3v) is 1.59. The van der Waals surface area contributed by atoms with Crippen LogP contribution in [0.5, 0.6) is 0 Å². The molecule has 70 valence electrons. The molecule has 0 aliphatic heterocycles. The summed E-state index contributed by atoms with van der Waals surface area (Å²) in [4.78, 5) is 0. The van der Waals surface area contributed by atoms with Crippen molar-refractivity contribution in [3.63, 3.8) is 0 Å². The van der Waals surface area contributed by atoms with Crippen LogP contribution in [0.2, 0.25) is 0 Å². The molecule has 0 spiro atoms. The number of aliphatic hydroxyl groups excluding tert-OH is 1. The Balaban J connectivity index is 0. The molecule has 0 aromatic carbocycles. The van der Waals surface area contributed by atoms with E-state index in [0.29, 0.717) is 6.42 Å². The average Bonchev–Trinajstić information content (AvgIpc) is 1.83. The Morgan fingerprint density at radius 3 is 1.91 bits per heavy atom. The van der Waals surface area contributed by atoms with Crippen LogP contribution in [-0.4, -0.2) is 33.3 Å². The van der Waals surface area contributed by atoms with Gasteiger partial charge in [-0.15, -0.1) is 0 Å². The molecule has 0 aromatic heterocycles. The molecule has 0 saturated carbocycles. The first-order valence-electron chi connectivity index (χ1n) is 3.35. The summed E-state index contributed by atoms with van der Waals surface area (Å²) in [6.07, 6.45) is -0.273. The van der Waals surface area contributed by atoms with E-state index >= 15 is 0 Å². The summed E-state index contributed by atoms with van der Waals surface area (Å²) in [5.74, 6) is -1.88. The van der Waals surface area contributed by atoms with Gasteiger partial charge in [0, 0.05) is 0 Å². The minimum Gasteiger partial charge on any atom is -1.00 e. The van der Waals surface area contributed by atoms with Crippen molar-refractivity contribution in [2.24, 2.45) is 0 Å². The minimum absolute atomic E-state index is 0. The Bertz CT molecular complexity index is 104. The average molecular weight is 186 g/mol. The molecule has 0 fully saturated rings. The lowest BCUT2D eigenvalue weighted by Crippen LogP contribution is -3.00. The zero-order chi connectivity index (χ0) is 8.36. The van der Waals surface area contributed by atoms with Gasteiger partial charge in [-0.1, -0.05) is 6.92 Å². The van der Waals surface area contributed by atoms with Crippen molar-refractivity contribution < 1.29 is 33.5 Å². The molecular formula is C6H16ClNO3. The minimum atomic E-state index is -1.88. The number of hydrogen-bond donors (Lipinski definition) is 4. The predicted octanol–water partition coefficient (Wildman–Crippen LogP) is -4.93. The van der Waals surface area contributed by atoms with E-state index in [1.807, 2.05) is 0 Å². The van der Waals surface area contributed by atoms with Crippen LogP contribution in [0, 0.1) is 0 Å². The van der Waals surface area contributed by atoms with E-state index in [1.165, 1.54) is 6.92 Å². The molecule has 2 unspecified atom stereocenters. The van der Waals surface area contributed by atoms with Crippen LogP contribution in [0.25, 0.3) is 0 Å². The van der Waals surface area contributed by atoms with Gasteiger partial charge in [-0.05, 0) is 13.3 Å². The summed E-state index contributed by atoms with van der Waals surface area (Å²) in [6.45, 7) is 2.97. The van der Waals surface area contributed by atoms with Crippen LogP contribution in [0.3, 0.4) is 0 Å². The molecule has 0 aliphatic rings. The van der Waals surface area contributed by atoms with Crippen molar-refractivity contribution >= 4 is 0 Å². The van der Waals surface area contributed by atoms with E-state index in [2.05, 4.69) is 5.73 Å². The molecule has 0 heterocycles. The Hall–Kier alpha value is 0.130. The first-order chi connectivity index (χ1) is 4.39. The molecule has 4 nitrogen and oxygen atoms in total. The van der Waals surface area contributed by atoms with E-state index in [4.69, 9.17) is 15.3 Å². The highest BCUT2D eigenvalue weighted by molar-refractivity contribution is 4.74. The predicted molar refractivity (Wildman–Crippen MR) is 35.8 cm³/mol. The van der Waals surface area contributed by atoms with Crippen molar-refractivity contribution in [1.29, 1.82) is 0 Å². The van der Waals surface area contributed by atoms with Crippen molar-refractivity contribution in [2.75, 3.05) is 0 Å². The monoisotopic (exact) mass is 185 g/mol. The summed E-state index contributed by atoms with van der Waals surface area (Å²) in [5.41, 5.74) is 3.43. The topological polar surface area (TPSA) is 88.3 Å². The van der Waals surface area contributed by atoms with Crippen molar-refractivity contribution in [1.82, 2.24) is 0 Å². The van der Waals surface area contributed by atoms with E-state index in [1.54, 1.807) is 6.92 Å². The first-order valence-corrected chi connectivity index (χ1v) is 3.35. The van der Waals surface area contributed by atoms with Gasteiger partial charge in [0.05, 0.1) is 0 Å². The van der Waals surface area contributed by atoms with Gasteiger partial charge in [0.15, 0.2) is 6.04 Å². The van der Waals surface area contributed by atoms with Gasteiger partial charge in [-0.25, -0.2) is 0 Å². The number of rotatable bonds is 3. The molecule has 0 bridgehead atoms. The zero-order valence-electron chi connectivity index (χ0n) is 6.79. The molecule has 5 heteroatoms. The molecular weight excluding hydrogens is 170 g/mol. The maximum absolute atomic E-state index is 9.08. The van der Waals surface area contributed by atoms with Gasteiger partial charge >= 0.3 is 0 Å². The molecule has 0 saturated heterocycles. The fourth-order valence-electron chi connectivity index (χ4n) is 0.649. The standard InChI is InChI=1S/C6H15NO3.ClH/c1-3-4(8)5(7)6(2,9)10;/h4-5,8-10H,3,7H2,1-2H3;1H. The molecule has 6 N–H and O–H groups in total. The molecule has 0 aromatic rings. The van der Waals surface area contributed by atoms with Crippen LogP contribution in [0.15, 0.2) is 0 Å². The second-order valence-electron chi connectivity index (χ2n) is 2.68. The van der Waals surface area contributed by atoms with Gasteiger partial charge < -0.3 is 33.5 Å². The quantitative estimate of drug-likeness (QED) is 0.333. The Kier molecular flexibility index (Phi) is 6.10. The first kappa shape index (κ1) is 13.7. The van der Waals surface area contributed by atoms with E-state index in [9.17, 15) is 0 Å². The number of halogens is 1. The molecule has 0 rings (SSSR count). The van der Waals surface area contributed by atoms with Crippen molar-refractivity contribution in [3.8, 4) is 0 Å². The molecule has 2 atom stereocenters. The van der Waals surface area contributed by atoms with E-state index in [-0.39, 0.29) is 12.4 Å². The third kappa shape index (κ3) is 4.55. The summed E-state index contributed by atoms with van der Waals surface area (Å²) in [6, 6.07) is -0.752. The number of quaternary nitrogens is 1. The van der Waals surface area contributed by atoms with Crippen molar-refractivity contribution in [3.05, 3.63) is 0 Å². The second kappa shape index (κ2) is 4.90. The summed E-state index contributed by atoms with van der Waals surface area (Å²) < 4.78 is 0. The Morgan fingerprint density at radius 1 is 1.45 bits per heavy atom. The van der Waals surface area contributed by atoms with Crippen LogP contribution in [0.1, 0.15) is 20.3 Å². The highest BCUT2D eigenvalue weighted by Gasteiger charge is 2.34. The van der Waals surface area contributed by atoms with Gasteiger partial charge in [0.25, 0.3) is 0 Å². The molecule has 11 heavy (non-hydrogen) atoms. The van der Waals surface area contributed by atoms with Crippen LogP contribution in [-0.2, 0) is 0 Å². The summed E-state index contributed by atoms with van der Waals surface area (Å²) >= 11 is 0.